The molecule has 2 N–H and O–H groups in total. The van der Waals surface area contributed by atoms with Crippen molar-refractivity contribution >= 4 is 11.7 Å². The van der Waals surface area contributed by atoms with Crippen LogP contribution in [0.1, 0.15) is 39.5 Å². The highest BCUT2D eigenvalue weighted by molar-refractivity contribution is 5.89. The summed E-state index contributed by atoms with van der Waals surface area (Å²) in [5.74, 6) is 1.87. The molecule has 0 saturated heterocycles. The maximum absolute atomic E-state index is 12.1. The maximum atomic E-state index is 12.1. The van der Waals surface area contributed by atoms with Crippen molar-refractivity contribution in [2.75, 3.05) is 19.0 Å². The Morgan fingerprint density at radius 2 is 2.00 bits per heavy atom. The quantitative estimate of drug-likeness (QED) is 0.818. The Morgan fingerprint density at radius 1 is 1.28 bits per heavy atom. The van der Waals surface area contributed by atoms with Gasteiger partial charge in [0.1, 0.15) is 0 Å². The molecular weight excluding hydrogens is 318 g/mol. The van der Waals surface area contributed by atoms with Gasteiger partial charge in [0, 0.05) is 24.2 Å². The molecule has 1 aromatic carbocycles. The first kappa shape index (κ1) is 18.9. The fourth-order valence-corrected chi connectivity index (χ4v) is 3.00. The van der Waals surface area contributed by atoms with Crippen LogP contribution in [0.25, 0.3) is 0 Å². The van der Waals surface area contributed by atoms with Crippen molar-refractivity contribution in [1.29, 1.82) is 5.26 Å². The number of nitriles is 1. The predicted molar refractivity (Wildman–Crippen MR) is 96.8 cm³/mol. The smallest absolute Gasteiger partial charge is 0.319 e. The topological polar surface area (TPSA) is 83.4 Å². The molecule has 1 aliphatic carbocycles. The summed E-state index contributed by atoms with van der Waals surface area (Å²) in [6.45, 7) is 4.53. The van der Waals surface area contributed by atoms with Crippen molar-refractivity contribution in [1.82, 2.24) is 5.32 Å². The van der Waals surface area contributed by atoms with Crippen LogP contribution in [0.4, 0.5) is 10.5 Å². The summed E-state index contributed by atoms with van der Waals surface area (Å²) < 4.78 is 11.0. The largest absolute Gasteiger partial charge is 0.493 e. The molecule has 1 aliphatic rings. The number of hydrogen-bond donors (Lipinski definition) is 2. The number of rotatable bonds is 6. The maximum Gasteiger partial charge on any atom is 0.319 e. The average Bonchev–Trinajstić information content (AvgIpc) is 2.61. The van der Waals surface area contributed by atoms with Crippen LogP contribution in [0.3, 0.4) is 0 Å². The number of methoxy groups -OCH3 is 1. The number of carbonyl (C=O) groups is 1. The Labute approximate surface area is 149 Å². The molecule has 0 spiro atoms. The number of amides is 2. The van der Waals surface area contributed by atoms with Gasteiger partial charge in [0.2, 0.25) is 0 Å². The van der Waals surface area contributed by atoms with Gasteiger partial charge in [-0.25, -0.2) is 4.79 Å². The molecule has 0 atom stereocenters. The second kappa shape index (κ2) is 9.16. The number of nitrogens with one attached hydrogen (secondary N) is 2. The predicted octanol–water partition coefficient (Wildman–Crippen LogP) is 3.93. The first-order valence-electron chi connectivity index (χ1n) is 8.81. The lowest BCUT2D eigenvalue weighted by Gasteiger charge is -2.24. The number of benzene rings is 1. The molecule has 0 heterocycles. The highest BCUT2D eigenvalue weighted by Crippen LogP contribution is 2.31. The van der Waals surface area contributed by atoms with Gasteiger partial charge in [-0.2, -0.15) is 5.26 Å². The van der Waals surface area contributed by atoms with Crippen LogP contribution in [0, 0.1) is 23.2 Å². The highest BCUT2D eigenvalue weighted by Gasteiger charge is 2.21. The lowest BCUT2D eigenvalue weighted by molar-refractivity contribution is 0.230. The third-order valence-electron chi connectivity index (χ3n) is 4.36. The normalized spacial score (nSPS) is 19.8. The zero-order valence-corrected chi connectivity index (χ0v) is 15.2. The Morgan fingerprint density at radius 3 is 2.60 bits per heavy atom. The first-order chi connectivity index (χ1) is 12.0. The van der Waals surface area contributed by atoms with Gasteiger partial charge in [0.05, 0.1) is 19.3 Å². The molecule has 2 amide bonds. The van der Waals surface area contributed by atoms with Crippen LogP contribution >= 0.6 is 0 Å². The zero-order valence-electron chi connectivity index (χ0n) is 15.2. The number of anilines is 1. The van der Waals surface area contributed by atoms with Gasteiger partial charge in [0.25, 0.3) is 0 Å². The van der Waals surface area contributed by atoms with Gasteiger partial charge in [0.15, 0.2) is 11.5 Å². The monoisotopic (exact) mass is 345 g/mol. The summed E-state index contributed by atoms with van der Waals surface area (Å²) in [7, 11) is 1.57. The van der Waals surface area contributed by atoms with E-state index in [1.807, 2.05) is 13.8 Å². The number of urea groups is 1. The Balaban J connectivity index is 1.83. The van der Waals surface area contributed by atoms with E-state index in [1.165, 1.54) is 0 Å². The second-order valence-corrected chi connectivity index (χ2v) is 6.71. The van der Waals surface area contributed by atoms with Gasteiger partial charge < -0.3 is 20.1 Å². The second-order valence-electron chi connectivity index (χ2n) is 6.71. The number of ether oxygens (including phenoxy) is 2. The van der Waals surface area contributed by atoms with Crippen LogP contribution < -0.4 is 20.1 Å². The van der Waals surface area contributed by atoms with Gasteiger partial charge in [-0.15, -0.1) is 0 Å². The minimum Gasteiger partial charge on any atom is -0.493 e. The minimum absolute atomic E-state index is 0.0483. The molecule has 0 bridgehead atoms. The molecule has 2 rings (SSSR count). The van der Waals surface area contributed by atoms with E-state index in [0.717, 1.165) is 25.7 Å². The summed E-state index contributed by atoms with van der Waals surface area (Å²) in [4.78, 5) is 12.1. The van der Waals surface area contributed by atoms with Gasteiger partial charge in [-0.1, -0.05) is 0 Å². The Bertz CT molecular complexity index is 617. The van der Waals surface area contributed by atoms with Crippen molar-refractivity contribution in [3.63, 3.8) is 0 Å². The van der Waals surface area contributed by atoms with Gasteiger partial charge in [-0.05, 0) is 57.6 Å². The van der Waals surface area contributed by atoms with Crippen molar-refractivity contribution < 1.29 is 14.3 Å². The molecule has 0 unspecified atom stereocenters. The van der Waals surface area contributed by atoms with Crippen LogP contribution in [-0.4, -0.2) is 25.8 Å². The van der Waals surface area contributed by atoms with Crippen LogP contribution in [0.15, 0.2) is 18.2 Å². The van der Waals surface area contributed by atoms with Crippen LogP contribution in [0.5, 0.6) is 11.5 Å². The van der Waals surface area contributed by atoms with E-state index in [2.05, 4.69) is 16.7 Å². The highest BCUT2D eigenvalue weighted by atomic mass is 16.5. The summed E-state index contributed by atoms with van der Waals surface area (Å²) in [5.41, 5.74) is 0.652. The SMILES string of the molecule is COc1cc(NC(=O)NCC2CCC(C#N)CC2)ccc1OC(C)C. The van der Waals surface area contributed by atoms with Gasteiger partial charge >= 0.3 is 6.03 Å². The molecule has 1 saturated carbocycles. The van der Waals surface area contributed by atoms with E-state index >= 15 is 0 Å². The standard InChI is InChI=1S/C19H27N3O3/c1-13(2)25-17-9-8-16(10-18(17)24-3)22-19(23)21-12-15-6-4-14(11-20)5-7-15/h8-10,13-15H,4-7,12H2,1-3H3,(H2,21,22,23). The van der Waals surface area contributed by atoms with Crippen LogP contribution in [0.2, 0.25) is 0 Å². The van der Waals surface area contributed by atoms with Crippen molar-refractivity contribution in [2.24, 2.45) is 11.8 Å². The molecule has 6 nitrogen and oxygen atoms in total. The zero-order chi connectivity index (χ0) is 18.2. The van der Waals surface area contributed by atoms with Crippen LogP contribution in [-0.2, 0) is 0 Å². The molecular formula is C19H27N3O3. The number of nitrogens with zero attached hydrogens (tertiary/aromatic N) is 1. The summed E-state index contributed by atoms with van der Waals surface area (Å²) in [5, 5.41) is 14.7. The fourth-order valence-electron chi connectivity index (χ4n) is 3.00. The lowest BCUT2D eigenvalue weighted by Crippen LogP contribution is -2.34. The molecule has 136 valence electrons. The molecule has 1 fully saturated rings. The third-order valence-corrected chi connectivity index (χ3v) is 4.36. The number of hydrogen-bond acceptors (Lipinski definition) is 4. The van der Waals surface area contributed by atoms with Crippen molar-refractivity contribution in [2.45, 2.75) is 45.6 Å². The molecule has 6 heteroatoms. The molecule has 0 radical (unpaired) electrons. The Hall–Kier alpha value is -2.42. The third kappa shape index (κ3) is 5.86. The van der Waals surface area contributed by atoms with Crippen molar-refractivity contribution in [3.05, 3.63) is 18.2 Å². The van der Waals surface area contributed by atoms with E-state index in [1.54, 1.807) is 25.3 Å². The fraction of sp³-hybridized carbons (Fsp3) is 0.579. The van der Waals surface area contributed by atoms with E-state index in [9.17, 15) is 4.79 Å². The van der Waals surface area contributed by atoms with E-state index in [-0.39, 0.29) is 18.1 Å². The summed E-state index contributed by atoms with van der Waals surface area (Å²) in [6, 6.07) is 7.42. The molecule has 1 aromatic rings. The lowest BCUT2D eigenvalue weighted by atomic mass is 9.83. The van der Waals surface area contributed by atoms with E-state index < -0.39 is 0 Å². The molecule has 25 heavy (non-hydrogen) atoms. The Kier molecular flexibility index (Phi) is 6.93. The molecule has 0 aromatic heterocycles. The number of carbonyl (C=O) groups excluding carboxylic acids is 1. The van der Waals surface area contributed by atoms with Gasteiger partial charge in [-0.3, -0.25) is 0 Å². The van der Waals surface area contributed by atoms with E-state index in [0.29, 0.717) is 29.6 Å². The molecule has 0 aliphatic heterocycles. The first-order valence-corrected chi connectivity index (χ1v) is 8.81. The summed E-state index contributed by atoms with van der Waals surface area (Å²) in [6.07, 6.45) is 3.89. The minimum atomic E-state index is -0.234. The van der Waals surface area contributed by atoms with Crippen molar-refractivity contribution in [3.8, 4) is 17.6 Å². The summed E-state index contributed by atoms with van der Waals surface area (Å²) >= 11 is 0. The van der Waals surface area contributed by atoms with E-state index in [4.69, 9.17) is 14.7 Å². The average molecular weight is 345 g/mol.